The van der Waals surface area contributed by atoms with E-state index in [1.807, 2.05) is 0 Å². The summed E-state index contributed by atoms with van der Waals surface area (Å²) in [6.07, 6.45) is 4.01. The summed E-state index contributed by atoms with van der Waals surface area (Å²) in [4.78, 5) is 0. The fourth-order valence-corrected chi connectivity index (χ4v) is 3.02. The Balaban J connectivity index is 2.10. The van der Waals surface area contributed by atoms with E-state index in [0.29, 0.717) is 11.5 Å². The van der Waals surface area contributed by atoms with Gasteiger partial charge in [0.15, 0.2) is 0 Å². The molecule has 1 aliphatic carbocycles. The summed E-state index contributed by atoms with van der Waals surface area (Å²) in [6, 6.07) is 7.61. The van der Waals surface area contributed by atoms with Gasteiger partial charge < -0.3 is 5.32 Å². The Kier molecular flexibility index (Phi) is 3.58. The highest BCUT2D eigenvalue weighted by molar-refractivity contribution is 5.30. The highest BCUT2D eigenvalue weighted by atomic mass is 14.9. The third-order valence-electron chi connectivity index (χ3n) is 4.16. The molecule has 1 aromatic carbocycles. The maximum absolute atomic E-state index is 3.60. The van der Waals surface area contributed by atoms with Gasteiger partial charge in [-0.3, -0.25) is 0 Å². The van der Waals surface area contributed by atoms with E-state index in [4.69, 9.17) is 0 Å². The van der Waals surface area contributed by atoms with Crippen LogP contribution >= 0.6 is 0 Å². The SMILES string of the molecule is CCNC(C)C1(Cc2cc(C)cc(C)c2)CC1. The highest BCUT2D eigenvalue weighted by Crippen LogP contribution is 2.51. The first-order valence-electron chi connectivity index (χ1n) is 6.86. The number of hydrogen-bond donors (Lipinski definition) is 1. The predicted molar refractivity (Wildman–Crippen MR) is 74.4 cm³/mol. The smallest absolute Gasteiger partial charge is 0.00982 e. The number of rotatable bonds is 5. The minimum Gasteiger partial charge on any atom is -0.314 e. The van der Waals surface area contributed by atoms with Crippen LogP contribution in [0.25, 0.3) is 0 Å². The van der Waals surface area contributed by atoms with Crippen molar-refractivity contribution in [1.82, 2.24) is 5.32 Å². The van der Waals surface area contributed by atoms with Gasteiger partial charge in [-0.2, -0.15) is 0 Å². The van der Waals surface area contributed by atoms with Crippen LogP contribution in [0.4, 0.5) is 0 Å². The van der Waals surface area contributed by atoms with Crippen molar-refractivity contribution in [3.8, 4) is 0 Å². The average Bonchev–Trinajstić information content (AvgIpc) is 2.97. The minimum atomic E-state index is 0.538. The van der Waals surface area contributed by atoms with Gasteiger partial charge in [0.2, 0.25) is 0 Å². The van der Waals surface area contributed by atoms with Crippen LogP contribution < -0.4 is 5.32 Å². The van der Waals surface area contributed by atoms with Crippen LogP contribution in [0.15, 0.2) is 18.2 Å². The second-order valence-electron chi connectivity index (χ2n) is 5.81. The summed E-state index contributed by atoms with van der Waals surface area (Å²) >= 11 is 0. The number of benzene rings is 1. The van der Waals surface area contributed by atoms with Crippen LogP contribution in [0, 0.1) is 19.3 Å². The average molecular weight is 231 g/mol. The number of aryl methyl sites for hydroxylation is 2. The zero-order valence-corrected chi connectivity index (χ0v) is 11.6. The summed E-state index contributed by atoms with van der Waals surface area (Å²) in [5, 5.41) is 3.60. The molecule has 1 atom stereocenters. The van der Waals surface area contributed by atoms with Crippen molar-refractivity contribution in [1.29, 1.82) is 0 Å². The van der Waals surface area contributed by atoms with Gasteiger partial charge >= 0.3 is 0 Å². The Hall–Kier alpha value is -0.820. The van der Waals surface area contributed by atoms with Gasteiger partial charge in [0.05, 0.1) is 0 Å². The molecule has 0 heterocycles. The highest BCUT2D eigenvalue weighted by Gasteiger charge is 2.46. The molecule has 0 aromatic heterocycles. The molecular weight excluding hydrogens is 206 g/mol. The zero-order chi connectivity index (χ0) is 12.5. The van der Waals surface area contributed by atoms with Crippen molar-refractivity contribution in [3.63, 3.8) is 0 Å². The summed E-state index contributed by atoms with van der Waals surface area (Å²) < 4.78 is 0. The topological polar surface area (TPSA) is 12.0 Å². The van der Waals surface area contributed by atoms with Crippen LogP contribution in [0.1, 0.15) is 43.4 Å². The lowest BCUT2D eigenvalue weighted by Crippen LogP contribution is -2.35. The van der Waals surface area contributed by atoms with Gasteiger partial charge in [0.1, 0.15) is 0 Å². The van der Waals surface area contributed by atoms with E-state index in [2.05, 4.69) is 51.2 Å². The molecule has 1 aromatic rings. The fourth-order valence-electron chi connectivity index (χ4n) is 3.02. The minimum absolute atomic E-state index is 0.538. The van der Waals surface area contributed by atoms with E-state index in [9.17, 15) is 0 Å². The molecule has 1 heteroatoms. The van der Waals surface area contributed by atoms with Gasteiger partial charge in [0, 0.05) is 6.04 Å². The van der Waals surface area contributed by atoms with Crippen molar-refractivity contribution >= 4 is 0 Å². The molecular formula is C16H25N. The molecule has 0 radical (unpaired) electrons. The van der Waals surface area contributed by atoms with Crippen LogP contribution in [0.2, 0.25) is 0 Å². The van der Waals surface area contributed by atoms with Gasteiger partial charge in [0.25, 0.3) is 0 Å². The van der Waals surface area contributed by atoms with E-state index in [0.717, 1.165) is 6.54 Å². The Morgan fingerprint density at radius 2 is 1.76 bits per heavy atom. The van der Waals surface area contributed by atoms with E-state index < -0.39 is 0 Å². The first-order chi connectivity index (χ1) is 8.05. The Bertz CT molecular complexity index is 370. The van der Waals surface area contributed by atoms with Crippen LogP contribution in [-0.4, -0.2) is 12.6 Å². The monoisotopic (exact) mass is 231 g/mol. The Morgan fingerprint density at radius 3 is 2.24 bits per heavy atom. The van der Waals surface area contributed by atoms with Crippen molar-refractivity contribution in [2.75, 3.05) is 6.54 Å². The maximum Gasteiger partial charge on any atom is 0.00982 e. The number of hydrogen-bond acceptors (Lipinski definition) is 1. The second kappa shape index (κ2) is 4.81. The van der Waals surface area contributed by atoms with E-state index in [1.165, 1.54) is 36.0 Å². The Morgan fingerprint density at radius 1 is 1.18 bits per heavy atom. The molecule has 0 saturated heterocycles. The molecule has 1 nitrogen and oxygen atoms in total. The van der Waals surface area contributed by atoms with Crippen LogP contribution in [-0.2, 0) is 6.42 Å². The third-order valence-corrected chi connectivity index (χ3v) is 4.16. The maximum atomic E-state index is 3.60. The third kappa shape index (κ3) is 2.90. The molecule has 1 unspecified atom stereocenters. The first kappa shape index (κ1) is 12.6. The molecule has 17 heavy (non-hydrogen) atoms. The molecule has 2 rings (SSSR count). The van der Waals surface area contributed by atoms with Gasteiger partial charge in [-0.15, -0.1) is 0 Å². The van der Waals surface area contributed by atoms with Gasteiger partial charge in [-0.1, -0.05) is 36.2 Å². The van der Waals surface area contributed by atoms with Gasteiger partial charge in [-0.25, -0.2) is 0 Å². The quantitative estimate of drug-likeness (QED) is 0.816. The molecule has 1 aliphatic rings. The molecule has 1 N–H and O–H groups in total. The molecule has 1 fully saturated rings. The summed E-state index contributed by atoms with van der Waals surface area (Å²) in [5.41, 5.74) is 4.85. The van der Waals surface area contributed by atoms with Crippen molar-refractivity contribution in [2.45, 2.75) is 53.0 Å². The van der Waals surface area contributed by atoms with E-state index >= 15 is 0 Å². The zero-order valence-electron chi connectivity index (χ0n) is 11.6. The number of nitrogens with one attached hydrogen (secondary N) is 1. The molecule has 94 valence electrons. The van der Waals surface area contributed by atoms with Crippen molar-refractivity contribution in [3.05, 3.63) is 34.9 Å². The first-order valence-corrected chi connectivity index (χ1v) is 6.86. The molecule has 0 bridgehead atoms. The lowest BCUT2D eigenvalue weighted by molar-refractivity contribution is 0.355. The fraction of sp³-hybridized carbons (Fsp3) is 0.625. The van der Waals surface area contributed by atoms with Crippen molar-refractivity contribution < 1.29 is 0 Å². The largest absolute Gasteiger partial charge is 0.314 e. The predicted octanol–water partition coefficient (Wildman–Crippen LogP) is 3.62. The standard InChI is InChI=1S/C16H25N/c1-5-17-14(4)16(6-7-16)11-15-9-12(2)8-13(3)10-15/h8-10,14,17H,5-7,11H2,1-4H3. The van der Waals surface area contributed by atoms with Crippen LogP contribution in [0.3, 0.4) is 0 Å². The molecule has 0 aliphatic heterocycles. The second-order valence-corrected chi connectivity index (χ2v) is 5.81. The normalized spacial score (nSPS) is 19.1. The van der Waals surface area contributed by atoms with E-state index in [1.54, 1.807) is 0 Å². The van der Waals surface area contributed by atoms with Crippen LogP contribution in [0.5, 0.6) is 0 Å². The van der Waals surface area contributed by atoms with E-state index in [-0.39, 0.29) is 0 Å². The lowest BCUT2D eigenvalue weighted by atomic mass is 9.88. The molecule has 0 spiro atoms. The Labute approximate surface area is 106 Å². The summed E-state index contributed by atoms with van der Waals surface area (Å²) in [7, 11) is 0. The van der Waals surface area contributed by atoms with Crippen molar-refractivity contribution in [2.24, 2.45) is 5.41 Å². The van der Waals surface area contributed by atoms with Gasteiger partial charge in [-0.05, 0) is 57.6 Å². The molecule has 0 amide bonds. The summed E-state index contributed by atoms with van der Waals surface area (Å²) in [5.74, 6) is 0. The lowest BCUT2D eigenvalue weighted by Gasteiger charge is -2.24. The summed E-state index contributed by atoms with van der Waals surface area (Å²) in [6.45, 7) is 10.0. The molecule has 1 saturated carbocycles.